The summed E-state index contributed by atoms with van der Waals surface area (Å²) in [7, 11) is 0. The third kappa shape index (κ3) is 2.55. The monoisotopic (exact) mass is 286 g/mol. The van der Waals surface area contributed by atoms with Crippen molar-refractivity contribution in [1.29, 1.82) is 0 Å². The first kappa shape index (κ1) is 14.1. The van der Waals surface area contributed by atoms with Crippen LogP contribution in [0.25, 0.3) is 0 Å². The molecule has 1 saturated carbocycles. The smallest absolute Gasteiger partial charge is 0.147 e. The topological polar surface area (TPSA) is 38.7 Å². The first-order valence-electron chi connectivity index (χ1n) is 7.72. The van der Waals surface area contributed by atoms with Crippen LogP contribution in [0.4, 0.5) is 0 Å². The number of ether oxygens (including phenoxy) is 2. The van der Waals surface area contributed by atoms with E-state index in [1.807, 2.05) is 6.07 Å². The van der Waals surface area contributed by atoms with Gasteiger partial charge in [0.1, 0.15) is 23.4 Å². The van der Waals surface area contributed by atoms with Gasteiger partial charge in [0.25, 0.3) is 0 Å². The Morgan fingerprint density at radius 2 is 2.10 bits per heavy atom. The number of hydrogen-bond donors (Lipinski definition) is 1. The average Bonchev–Trinajstić information content (AvgIpc) is 2.44. The van der Waals surface area contributed by atoms with E-state index in [0.717, 1.165) is 17.7 Å². The molecule has 2 aliphatic rings. The summed E-state index contributed by atoms with van der Waals surface area (Å²) in [6, 6.07) is 3.50. The standard InChI is InChI=1S/C18H22O3/c1-4-7-20-13-9-16(19)18-15-8-11(2)5-6-14(15)12(3)21-17(18)10-13/h9-12,14-15,19H,5-6,8H2,1-3H3. The Balaban J connectivity index is 2.00. The van der Waals surface area contributed by atoms with Crippen molar-refractivity contribution in [3.8, 4) is 29.3 Å². The first-order chi connectivity index (χ1) is 10.1. The highest BCUT2D eigenvalue weighted by atomic mass is 16.5. The molecule has 1 aromatic rings. The number of aromatic hydroxyl groups is 1. The maximum atomic E-state index is 10.4. The second-order valence-corrected chi connectivity index (χ2v) is 6.32. The maximum Gasteiger partial charge on any atom is 0.147 e. The number of rotatable bonds is 1. The van der Waals surface area contributed by atoms with Crippen LogP contribution in [0.3, 0.4) is 0 Å². The van der Waals surface area contributed by atoms with Gasteiger partial charge in [-0.15, -0.1) is 0 Å². The molecule has 1 aromatic carbocycles. The van der Waals surface area contributed by atoms with Crippen LogP contribution < -0.4 is 9.47 Å². The highest BCUT2D eigenvalue weighted by Gasteiger charge is 2.41. The van der Waals surface area contributed by atoms with Crippen LogP contribution in [-0.4, -0.2) is 11.2 Å². The Labute approximate surface area is 126 Å². The minimum Gasteiger partial charge on any atom is -0.507 e. The highest BCUT2D eigenvalue weighted by molar-refractivity contribution is 5.53. The number of phenolic OH excluding ortho intramolecular Hbond substituents is 1. The Hall–Kier alpha value is -1.82. The van der Waals surface area contributed by atoms with Crippen LogP contribution in [-0.2, 0) is 0 Å². The van der Waals surface area contributed by atoms with Crippen LogP contribution in [0.2, 0.25) is 0 Å². The van der Waals surface area contributed by atoms with Gasteiger partial charge in [-0.05, 0) is 31.6 Å². The van der Waals surface area contributed by atoms with Crippen LogP contribution in [0.15, 0.2) is 12.1 Å². The Bertz CT molecular complexity index is 596. The van der Waals surface area contributed by atoms with E-state index < -0.39 is 0 Å². The molecule has 1 N–H and O–H groups in total. The lowest BCUT2D eigenvalue weighted by Gasteiger charge is -2.43. The highest BCUT2D eigenvalue weighted by Crippen LogP contribution is 2.52. The molecule has 0 bridgehead atoms. The SMILES string of the molecule is CC#COc1cc(O)c2c(c1)OC(C)C1CCC(C)CC21. The zero-order chi connectivity index (χ0) is 15.0. The summed E-state index contributed by atoms with van der Waals surface area (Å²) in [6.07, 6.45) is 6.28. The van der Waals surface area contributed by atoms with E-state index in [0.29, 0.717) is 23.5 Å². The van der Waals surface area contributed by atoms with Gasteiger partial charge in [-0.2, -0.15) is 0 Å². The second-order valence-electron chi connectivity index (χ2n) is 6.32. The van der Waals surface area contributed by atoms with Gasteiger partial charge in [0.15, 0.2) is 0 Å². The largest absolute Gasteiger partial charge is 0.507 e. The van der Waals surface area contributed by atoms with Crippen LogP contribution in [0.1, 0.15) is 51.5 Å². The van der Waals surface area contributed by atoms with Gasteiger partial charge >= 0.3 is 0 Å². The van der Waals surface area contributed by atoms with Crippen LogP contribution in [0, 0.1) is 23.9 Å². The van der Waals surface area contributed by atoms with Gasteiger partial charge in [-0.1, -0.05) is 19.3 Å². The third-order valence-corrected chi connectivity index (χ3v) is 4.82. The Kier molecular flexibility index (Phi) is 3.71. The zero-order valence-electron chi connectivity index (χ0n) is 12.8. The minimum atomic E-state index is 0.182. The molecule has 1 aliphatic heterocycles. The predicted octanol–water partition coefficient (Wildman–Crippen LogP) is 4.05. The van der Waals surface area contributed by atoms with Crippen molar-refractivity contribution in [3.05, 3.63) is 17.7 Å². The molecule has 1 aliphatic carbocycles. The van der Waals surface area contributed by atoms with Gasteiger partial charge < -0.3 is 14.6 Å². The lowest BCUT2D eigenvalue weighted by Crippen LogP contribution is -2.37. The minimum absolute atomic E-state index is 0.182. The van der Waals surface area contributed by atoms with E-state index in [-0.39, 0.29) is 11.9 Å². The molecule has 0 aromatic heterocycles. The van der Waals surface area contributed by atoms with Gasteiger partial charge in [0.05, 0.1) is 6.10 Å². The van der Waals surface area contributed by atoms with Crippen molar-refractivity contribution in [3.63, 3.8) is 0 Å². The molecule has 1 fully saturated rings. The van der Waals surface area contributed by atoms with Gasteiger partial charge in [0.2, 0.25) is 0 Å². The predicted molar refractivity (Wildman–Crippen MR) is 81.5 cm³/mol. The van der Waals surface area contributed by atoms with Gasteiger partial charge in [-0.3, -0.25) is 0 Å². The van der Waals surface area contributed by atoms with Crippen molar-refractivity contribution in [2.45, 2.75) is 52.1 Å². The van der Waals surface area contributed by atoms with E-state index >= 15 is 0 Å². The van der Waals surface area contributed by atoms with Crippen LogP contribution >= 0.6 is 0 Å². The molecule has 4 atom stereocenters. The average molecular weight is 286 g/mol. The van der Waals surface area contributed by atoms with E-state index in [1.54, 1.807) is 13.0 Å². The Morgan fingerprint density at radius 1 is 1.29 bits per heavy atom. The summed E-state index contributed by atoms with van der Waals surface area (Å²) in [4.78, 5) is 0. The van der Waals surface area contributed by atoms with Gasteiger partial charge in [0, 0.05) is 30.5 Å². The van der Waals surface area contributed by atoms with Crippen molar-refractivity contribution in [1.82, 2.24) is 0 Å². The van der Waals surface area contributed by atoms with E-state index in [9.17, 15) is 5.11 Å². The molecule has 0 radical (unpaired) electrons. The quantitative estimate of drug-likeness (QED) is 0.791. The Morgan fingerprint density at radius 3 is 2.86 bits per heavy atom. The molecule has 112 valence electrons. The van der Waals surface area contributed by atoms with Crippen molar-refractivity contribution in [2.24, 2.45) is 11.8 Å². The maximum absolute atomic E-state index is 10.4. The lowest BCUT2D eigenvalue weighted by atomic mass is 9.68. The van der Waals surface area contributed by atoms with Crippen LogP contribution in [0.5, 0.6) is 17.2 Å². The van der Waals surface area contributed by atoms with Crippen molar-refractivity contribution >= 4 is 0 Å². The fourth-order valence-corrected chi connectivity index (χ4v) is 3.81. The summed E-state index contributed by atoms with van der Waals surface area (Å²) in [5.41, 5.74) is 0.960. The molecule has 0 saturated heterocycles. The summed E-state index contributed by atoms with van der Waals surface area (Å²) in [5.74, 6) is 5.84. The number of benzene rings is 1. The molecule has 0 amide bonds. The molecular weight excluding hydrogens is 264 g/mol. The lowest BCUT2D eigenvalue weighted by molar-refractivity contribution is 0.0678. The van der Waals surface area contributed by atoms with E-state index in [1.165, 1.54) is 12.8 Å². The molecule has 3 heteroatoms. The summed E-state index contributed by atoms with van der Waals surface area (Å²) in [6.45, 7) is 6.14. The molecular formula is C18H22O3. The summed E-state index contributed by atoms with van der Waals surface area (Å²) in [5, 5.41) is 10.4. The van der Waals surface area contributed by atoms with Crippen molar-refractivity contribution in [2.75, 3.05) is 0 Å². The fraction of sp³-hybridized carbons (Fsp3) is 0.556. The molecule has 4 unspecified atom stereocenters. The van der Waals surface area contributed by atoms with E-state index in [2.05, 4.69) is 25.9 Å². The fourth-order valence-electron chi connectivity index (χ4n) is 3.81. The number of fused-ring (bicyclic) bond motifs is 3. The molecule has 1 heterocycles. The van der Waals surface area contributed by atoms with E-state index in [4.69, 9.17) is 9.47 Å². The summed E-state index contributed by atoms with van der Waals surface area (Å²) < 4.78 is 11.3. The van der Waals surface area contributed by atoms with Gasteiger partial charge in [-0.25, -0.2) is 0 Å². The zero-order valence-corrected chi connectivity index (χ0v) is 12.8. The normalized spacial score (nSPS) is 30.2. The number of hydrogen-bond acceptors (Lipinski definition) is 3. The second kappa shape index (κ2) is 5.52. The number of phenols is 1. The van der Waals surface area contributed by atoms with Crippen molar-refractivity contribution < 1.29 is 14.6 Å². The third-order valence-electron chi connectivity index (χ3n) is 4.82. The first-order valence-corrected chi connectivity index (χ1v) is 7.72. The molecule has 3 rings (SSSR count). The molecule has 0 spiro atoms. The molecule has 21 heavy (non-hydrogen) atoms. The molecule has 3 nitrogen and oxygen atoms in total. The summed E-state index contributed by atoms with van der Waals surface area (Å²) >= 11 is 0.